The summed E-state index contributed by atoms with van der Waals surface area (Å²) in [6, 6.07) is 8.29. The second kappa shape index (κ2) is 6.06. The molecule has 2 amide bonds. The molecular weight excluding hydrogens is 350 g/mol. The molecule has 134 valence electrons. The number of halogens is 1. The van der Waals surface area contributed by atoms with Gasteiger partial charge in [-0.05, 0) is 36.6 Å². The van der Waals surface area contributed by atoms with Crippen LogP contribution in [0.1, 0.15) is 23.4 Å². The minimum Gasteiger partial charge on any atom is -0.341 e. The second-order valence-corrected chi connectivity index (χ2v) is 7.61. The standard InChI is InChI=1S/C19H20ClN5O/c20-14-3-1-12-7-16-11-24(5-6-25(16)18(12)8-14)19(26)22-15-4-2-13-10-21-23-17(13)9-15/h1,3,7-8,10,15H,2,4-6,9,11H2,(H,21,23)(H,22,26). The maximum atomic E-state index is 12.8. The molecular formula is C19H20ClN5O. The number of aryl methyl sites for hydroxylation is 1. The van der Waals surface area contributed by atoms with Gasteiger partial charge in [0.25, 0.3) is 0 Å². The molecule has 0 saturated heterocycles. The maximum Gasteiger partial charge on any atom is 0.318 e. The molecule has 1 aromatic carbocycles. The fraction of sp³-hybridized carbons (Fsp3) is 0.368. The van der Waals surface area contributed by atoms with Crippen LogP contribution in [0.15, 0.2) is 30.5 Å². The average molecular weight is 370 g/mol. The lowest BCUT2D eigenvalue weighted by atomic mass is 9.94. The fourth-order valence-corrected chi connectivity index (χ4v) is 4.31. The molecule has 3 aromatic rings. The number of hydrogen-bond acceptors (Lipinski definition) is 2. The highest BCUT2D eigenvalue weighted by Gasteiger charge is 2.26. The Hall–Kier alpha value is -2.47. The van der Waals surface area contributed by atoms with Crippen molar-refractivity contribution in [2.45, 2.75) is 38.4 Å². The lowest BCUT2D eigenvalue weighted by Gasteiger charge is -2.31. The van der Waals surface area contributed by atoms with E-state index in [-0.39, 0.29) is 12.1 Å². The number of aromatic amines is 1. The van der Waals surface area contributed by atoms with Gasteiger partial charge in [0.05, 0.1) is 12.7 Å². The highest BCUT2D eigenvalue weighted by atomic mass is 35.5. The first-order chi connectivity index (χ1) is 12.7. The Morgan fingerprint density at radius 2 is 2.23 bits per heavy atom. The fourth-order valence-electron chi connectivity index (χ4n) is 4.15. The lowest BCUT2D eigenvalue weighted by molar-refractivity contribution is 0.179. The number of hydrogen-bond donors (Lipinski definition) is 2. The minimum absolute atomic E-state index is 0.0208. The Bertz CT molecular complexity index is 991. The molecule has 7 heteroatoms. The zero-order valence-corrected chi connectivity index (χ0v) is 15.1. The molecule has 1 unspecified atom stereocenters. The molecule has 0 radical (unpaired) electrons. The summed E-state index contributed by atoms with van der Waals surface area (Å²) in [5, 5.41) is 12.3. The van der Waals surface area contributed by atoms with Gasteiger partial charge in [-0.15, -0.1) is 0 Å². The van der Waals surface area contributed by atoms with E-state index in [0.29, 0.717) is 13.1 Å². The number of nitrogens with zero attached hydrogens (tertiary/aromatic N) is 3. The van der Waals surface area contributed by atoms with E-state index in [1.807, 2.05) is 29.3 Å². The van der Waals surface area contributed by atoms with Gasteiger partial charge in [0.1, 0.15) is 0 Å². The summed E-state index contributed by atoms with van der Waals surface area (Å²) in [5.41, 5.74) is 4.73. The van der Waals surface area contributed by atoms with E-state index >= 15 is 0 Å². The molecule has 3 heterocycles. The molecule has 0 saturated carbocycles. The van der Waals surface area contributed by atoms with Gasteiger partial charge in [-0.2, -0.15) is 5.10 Å². The third kappa shape index (κ3) is 2.65. The van der Waals surface area contributed by atoms with Crippen molar-refractivity contribution >= 4 is 28.5 Å². The van der Waals surface area contributed by atoms with Crippen molar-refractivity contribution in [2.75, 3.05) is 6.54 Å². The van der Waals surface area contributed by atoms with Crippen LogP contribution >= 0.6 is 11.6 Å². The number of nitrogens with one attached hydrogen (secondary N) is 2. The molecule has 5 rings (SSSR count). The SMILES string of the molecule is O=C(NC1CCc2cn[nH]c2C1)N1CCn2c(cc3ccc(Cl)cc32)C1. The van der Waals surface area contributed by atoms with Crippen LogP contribution in [0.4, 0.5) is 4.79 Å². The summed E-state index contributed by atoms with van der Waals surface area (Å²) >= 11 is 6.14. The molecule has 2 aromatic heterocycles. The number of carbonyl (C=O) groups is 1. The highest BCUT2D eigenvalue weighted by Crippen LogP contribution is 2.27. The third-order valence-electron chi connectivity index (χ3n) is 5.53. The van der Waals surface area contributed by atoms with Crippen LogP contribution in [0.5, 0.6) is 0 Å². The number of fused-ring (bicyclic) bond motifs is 4. The van der Waals surface area contributed by atoms with Crippen LogP contribution in [0.2, 0.25) is 5.02 Å². The molecule has 1 atom stereocenters. The minimum atomic E-state index is 0.0208. The van der Waals surface area contributed by atoms with Crippen LogP contribution in [-0.4, -0.2) is 38.3 Å². The largest absolute Gasteiger partial charge is 0.341 e. The zero-order valence-electron chi connectivity index (χ0n) is 14.3. The van der Waals surface area contributed by atoms with Gasteiger partial charge in [0.2, 0.25) is 0 Å². The Morgan fingerprint density at radius 3 is 3.15 bits per heavy atom. The van der Waals surface area contributed by atoms with E-state index in [1.165, 1.54) is 10.9 Å². The number of carbonyl (C=O) groups excluding carboxylic acids is 1. The number of benzene rings is 1. The van der Waals surface area contributed by atoms with Crippen molar-refractivity contribution < 1.29 is 4.79 Å². The molecule has 0 spiro atoms. The van der Waals surface area contributed by atoms with Crippen LogP contribution in [0, 0.1) is 0 Å². The predicted octanol–water partition coefficient (Wildman–Crippen LogP) is 3.10. The van der Waals surface area contributed by atoms with Crippen molar-refractivity contribution in [1.82, 2.24) is 25.0 Å². The number of aromatic nitrogens is 3. The van der Waals surface area contributed by atoms with Crippen molar-refractivity contribution in [2.24, 2.45) is 0 Å². The van der Waals surface area contributed by atoms with E-state index in [2.05, 4.69) is 26.1 Å². The van der Waals surface area contributed by atoms with Gasteiger partial charge in [-0.3, -0.25) is 5.10 Å². The van der Waals surface area contributed by atoms with E-state index in [1.54, 1.807) is 0 Å². The zero-order chi connectivity index (χ0) is 17.7. The van der Waals surface area contributed by atoms with Crippen LogP contribution < -0.4 is 5.32 Å². The number of amides is 2. The van der Waals surface area contributed by atoms with Gasteiger partial charge in [0.15, 0.2) is 0 Å². The molecule has 26 heavy (non-hydrogen) atoms. The van der Waals surface area contributed by atoms with Gasteiger partial charge < -0.3 is 14.8 Å². The van der Waals surface area contributed by atoms with Crippen molar-refractivity contribution in [3.05, 3.63) is 52.4 Å². The first-order valence-electron chi connectivity index (χ1n) is 9.01. The first-order valence-corrected chi connectivity index (χ1v) is 9.39. The smallest absolute Gasteiger partial charge is 0.318 e. The van der Waals surface area contributed by atoms with Crippen molar-refractivity contribution in [3.63, 3.8) is 0 Å². The molecule has 0 fully saturated rings. The predicted molar refractivity (Wildman–Crippen MR) is 100 cm³/mol. The van der Waals surface area contributed by atoms with Gasteiger partial charge in [0, 0.05) is 52.9 Å². The summed E-state index contributed by atoms with van der Waals surface area (Å²) in [4.78, 5) is 14.7. The summed E-state index contributed by atoms with van der Waals surface area (Å²) in [5.74, 6) is 0. The van der Waals surface area contributed by atoms with Crippen molar-refractivity contribution in [1.29, 1.82) is 0 Å². The van der Waals surface area contributed by atoms with Crippen LogP contribution in [0.25, 0.3) is 10.9 Å². The van der Waals surface area contributed by atoms with E-state index < -0.39 is 0 Å². The summed E-state index contributed by atoms with van der Waals surface area (Å²) in [6.07, 6.45) is 4.65. The Labute approximate surface area is 156 Å². The van der Waals surface area contributed by atoms with E-state index in [4.69, 9.17) is 11.6 Å². The Kier molecular flexibility index (Phi) is 3.67. The van der Waals surface area contributed by atoms with E-state index in [9.17, 15) is 4.79 Å². The first kappa shape index (κ1) is 15.8. The summed E-state index contributed by atoms with van der Waals surface area (Å²) < 4.78 is 2.27. The van der Waals surface area contributed by atoms with Crippen LogP contribution in [0.3, 0.4) is 0 Å². The van der Waals surface area contributed by atoms with E-state index in [0.717, 1.165) is 47.7 Å². The number of rotatable bonds is 1. The number of urea groups is 1. The van der Waals surface area contributed by atoms with Gasteiger partial charge in [-0.1, -0.05) is 17.7 Å². The second-order valence-electron chi connectivity index (χ2n) is 7.18. The average Bonchev–Trinajstić information content (AvgIpc) is 3.24. The summed E-state index contributed by atoms with van der Waals surface area (Å²) in [7, 11) is 0. The molecule has 6 nitrogen and oxygen atoms in total. The lowest BCUT2D eigenvalue weighted by Crippen LogP contribution is -2.48. The highest BCUT2D eigenvalue weighted by molar-refractivity contribution is 6.31. The molecule has 2 aliphatic rings. The van der Waals surface area contributed by atoms with Crippen molar-refractivity contribution in [3.8, 4) is 0 Å². The quantitative estimate of drug-likeness (QED) is 0.692. The molecule has 2 N–H and O–H groups in total. The number of H-pyrrole nitrogens is 1. The normalized spacial score (nSPS) is 19.3. The molecule has 1 aliphatic carbocycles. The third-order valence-corrected chi connectivity index (χ3v) is 5.77. The monoisotopic (exact) mass is 369 g/mol. The van der Waals surface area contributed by atoms with Crippen LogP contribution in [-0.2, 0) is 25.9 Å². The van der Waals surface area contributed by atoms with Gasteiger partial charge >= 0.3 is 6.03 Å². The maximum absolute atomic E-state index is 12.8. The Morgan fingerprint density at radius 1 is 1.31 bits per heavy atom. The molecule has 0 bridgehead atoms. The van der Waals surface area contributed by atoms with Gasteiger partial charge in [-0.25, -0.2) is 4.79 Å². The topological polar surface area (TPSA) is 66.0 Å². The Balaban J connectivity index is 1.30. The summed E-state index contributed by atoms with van der Waals surface area (Å²) in [6.45, 7) is 2.12. The molecule has 1 aliphatic heterocycles.